The smallest absolute Gasteiger partial charge is 0.220 e. The summed E-state index contributed by atoms with van der Waals surface area (Å²) in [7, 11) is 0. The van der Waals surface area contributed by atoms with Gasteiger partial charge in [-0.05, 0) is 24.7 Å². The quantitative estimate of drug-likeness (QED) is 0.469. The van der Waals surface area contributed by atoms with Crippen LogP contribution in [0.1, 0.15) is 52.4 Å². The number of hydrogen-bond donors (Lipinski definition) is 1. The number of amides is 1. The summed E-state index contributed by atoms with van der Waals surface area (Å²) >= 11 is 0. The SMILES string of the molecule is CC[C@H](C)[C@H](NC(=O)C[C@H]1CCC(=O)[C@H]1C/C=C\CC=O)C(=O)[O-]. The van der Waals surface area contributed by atoms with Gasteiger partial charge in [0, 0.05) is 25.2 Å². The minimum absolute atomic E-state index is 0.0854. The van der Waals surface area contributed by atoms with Gasteiger partial charge < -0.3 is 20.0 Å². The van der Waals surface area contributed by atoms with Crippen molar-refractivity contribution >= 4 is 23.9 Å². The van der Waals surface area contributed by atoms with Crippen molar-refractivity contribution in [1.29, 1.82) is 0 Å². The van der Waals surface area contributed by atoms with Crippen LogP contribution in [0, 0.1) is 17.8 Å². The van der Waals surface area contributed by atoms with Crippen LogP contribution in [0.3, 0.4) is 0 Å². The maximum atomic E-state index is 12.2. The molecule has 0 spiro atoms. The Morgan fingerprint density at radius 1 is 1.38 bits per heavy atom. The maximum Gasteiger partial charge on any atom is 0.220 e. The number of carboxylic acid groups (broad SMARTS) is 1. The molecule has 0 heterocycles. The topological polar surface area (TPSA) is 103 Å². The summed E-state index contributed by atoms with van der Waals surface area (Å²) in [6.45, 7) is 3.60. The number of aliphatic carboxylic acids is 1. The van der Waals surface area contributed by atoms with E-state index in [-0.39, 0.29) is 35.9 Å². The summed E-state index contributed by atoms with van der Waals surface area (Å²) in [5.41, 5.74) is 0. The molecule has 0 aromatic carbocycles. The van der Waals surface area contributed by atoms with Gasteiger partial charge in [-0.1, -0.05) is 32.4 Å². The molecule has 24 heavy (non-hydrogen) atoms. The van der Waals surface area contributed by atoms with E-state index < -0.39 is 12.0 Å². The number of carbonyl (C=O) groups excluding carboxylic acids is 4. The van der Waals surface area contributed by atoms with Crippen molar-refractivity contribution in [3.8, 4) is 0 Å². The summed E-state index contributed by atoms with van der Waals surface area (Å²) < 4.78 is 0. The molecule has 0 aromatic rings. The number of rotatable bonds is 10. The lowest BCUT2D eigenvalue weighted by Crippen LogP contribution is -2.51. The number of carbonyl (C=O) groups is 4. The van der Waals surface area contributed by atoms with Gasteiger partial charge in [0.25, 0.3) is 0 Å². The Morgan fingerprint density at radius 3 is 2.67 bits per heavy atom. The second-order valence-corrected chi connectivity index (χ2v) is 6.43. The summed E-state index contributed by atoms with van der Waals surface area (Å²) in [5, 5.41) is 13.7. The molecular weight excluding hydrogens is 310 g/mol. The van der Waals surface area contributed by atoms with E-state index in [1.54, 1.807) is 19.1 Å². The molecule has 0 aromatic heterocycles. The maximum absolute atomic E-state index is 12.2. The van der Waals surface area contributed by atoms with E-state index in [2.05, 4.69) is 5.32 Å². The van der Waals surface area contributed by atoms with Crippen LogP contribution >= 0.6 is 0 Å². The predicted molar refractivity (Wildman–Crippen MR) is 86.7 cm³/mol. The Labute approximate surface area is 142 Å². The Bertz CT molecular complexity index is 500. The fourth-order valence-electron chi connectivity index (χ4n) is 3.08. The van der Waals surface area contributed by atoms with Crippen molar-refractivity contribution in [3.05, 3.63) is 12.2 Å². The third-order valence-electron chi connectivity index (χ3n) is 4.76. The van der Waals surface area contributed by atoms with Gasteiger partial charge in [0.15, 0.2) is 0 Å². The molecule has 0 radical (unpaired) electrons. The van der Waals surface area contributed by atoms with E-state index in [1.165, 1.54) is 0 Å². The summed E-state index contributed by atoms with van der Waals surface area (Å²) in [4.78, 5) is 45.6. The second-order valence-electron chi connectivity index (χ2n) is 6.43. The van der Waals surface area contributed by atoms with E-state index in [4.69, 9.17) is 0 Å². The molecule has 1 N–H and O–H groups in total. The Hall–Kier alpha value is -1.98. The third kappa shape index (κ3) is 5.91. The first-order valence-corrected chi connectivity index (χ1v) is 8.52. The zero-order valence-corrected chi connectivity index (χ0v) is 14.3. The molecule has 6 nitrogen and oxygen atoms in total. The minimum Gasteiger partial charge on any atom is -0.548 e. The van der Waals surface area contributed by atoms with Gasteiger partial charge in [0.05, 0.1) is 12.0 Å². The molecule has 1 aliphatic rings. The average Bonchev–Trinajstić information content (AvgIpc) is 2.88. The van der Waals surface area contributed by atoms with Crippen molar-refractivity contribution in [2.24, 2.45) is 17.8 Å². The van der Waals surface area contributed by atoms with Gasteiger partial charge in [-0.25, -0.2) is 0 Å². The largest absolute Gasteiger partial charge is 0.548 e. The fourth-order valence-corrected chi connectivity index (χ4v) is 3.08. The first-order chi connectivity index (χ1) is 11.4. The average molecular weight is 336 g/mol. The van der Waals surface area contributed by atoms with Crippen LogP contribution in [0.5, 0.6) is 0 Å². The minimum atomic E-state index is -1.28. The molecule has 4 atom stereocenters. The van der Waals surface area contributed by atoms with Crippen molar-refractivity contribution in [2.45, 2.75) is 58.4 Å². The highest BCUT2D eigenvalue weighted by Gasteiger charge is 2.35. The highest BCUT2D eigenvalue weighted by atomic mass is 16.4. The molecule has 0 unspecified atom stereocenters. The zero-order valence-electron chi connectivity index (χ0n) is 14.3. The summed E-state index contributed by atoms with van der Waals surface area (Å²) in [6, 6.07) is -1.01. The van der Waals surface area contributed by atoms with Crippen LogP contribution in [0.15, 0.2) is 12.2 Å². The Balaban J connectivity index is 2.61. The molecule has 1 rings (SSSR count). The van der Waals surface area contributed by atoms with Gasteiger partial charge in [-0.3, -0.25) is 9.59 Å². The molecule has 134 valence electrons. The van der Waals surface area contributed by atoms with Gasteiger partial charge in [0.2, 0.25) is 5.91 Å². The van der Waals surface area contributed by atoms with E-state index in [1.807, 2.05) is 6.92 Å². The zero-order chi connectivity index (χ0) is 18.1. The molecule has 1 fully saturated rings. The molecule has 0 bridgehead atoms. The number of allylic oxidation sites excluding steroid dienone is 2. The Morgan fingerprint density at radius 2 is 2.08 bits per heavy atom. The van der Waals surface area contributed by atoms with Crippen LogP contribution in [0.2, 0.25) is 0 Å². The number of hydrogen-bond acceptors (Lipinski definition) is 5. The molecule has 6 heteroatoms. The highest BCUT2D eigenvalue weighted by molar-refractivity contribution is 5.86. The molecule has 1 aliphatic carbocycles. The molecule has 0 aliphatic heterocycles. The van der Waals surface area contributed by atoms with E-state index in [0.717, 1.165) is 6.29 Å². The first-order valence-electron chi connectivity index (χ1n) is 8.52. The third-order valence-corrected chi connectivity index (χ3v) is 4.76. The fraction of sp³-hybridized carbons (Fsp3) is 0.667. The van der Waals surface area contributed by atoms with Crippen molar-refractivity contribution in [1.82, 2.24) is 5.32 Å². The summed E-state index contributed by atoms with van der Waals surface area (Å²) in [5.74, 6) is -2.05. The van der Waals surface area contributed by atoms with E-state index in [9.17, 15) is 24.3 Å². The molecule has 1 saturated carbocycles. The number of aldehydes is 1. The number of nitrogens with one attached hydrogen (secondary N) is 1. The van der Waals surface area contributed by atoms with Crippen molar-refractivity contribution in [3.63, 3.8) is 0 Å². The highest BCUT2D eigenvalue weighted by Crippen LogP contribution is 2.34. The van der Waals surface area contributed by atoms with Crippen LogP contribution in [0.4, 0.5) is 0 Å². The normalized spacial score (nSPS) is 23.2. The van der Waals surface area contributed by atoms with E-state index >= 15 is 0 Å². The van der Waals surface area contributed by atoms with Crippen LogP contribution in [-0.2, 0) is 19.2 Å². The van der Waals surface area contributed by atoms with Crippen molar-refractivity contribution < 1.29 is 24.3 Å². The van der Waals surface area contributed by atoms with Crippen molar-refractivity contribution in [2.75, 3.05) is 0 Å². The predicted octanol–water partition coefficient (Wildman–Crippen LogP) is 0.788. The monoisotopic (exact) mass is 336 g/mol. The van der Waals surface area contributed by atoms with E-state index in [0.29, 0.717) is 32.1 Å². The van der Waals surface area contributed by atoms with Gasteiger partial charge in [0.1, 0.15) is 12.1 Å². The van der Waals surface area contributed by atoms with Crippen LogP contribution in [-0.4, -0.2) is 30.0 Å². The lowest BCUT2D eigenvalue weighted by atomic mass is 9.89. The molecule has 1 amide bonds. The summed E-state index contributed by atoms with van der Waals surface area (Å²) in [6.07, 6.45) is 6.96. The number of carboxylic acids is 1. The molecule has 0 saturated heterocycles. The first kappa shape index (κ1) is 20.1. The van der Waals surface area contributed by atoms with Gasteiger partial charge in [-0.15, -0.1) is 0 Å². The number of Topliss-reactive ketones (excluding diaryl/α,β-unsaturated/α-hetero) is 1. The number of ketones is 1. The Kier molecular flexibility index (Phi) is 8.36. The standard InChI is InChI=1S/C18H27NO5/c1-3-12(2)17(18(23)24)19-16(22)11-13-8-9-15(21)14(13)7-5-4-6-10-20/h4-5,10,12-14,17H,3,6-9,11H2,1-2H3,(H,19,22)(H,23,24)/p-1/b5-4-/t12-,13+,14-,17-/m0/s1. The molecular formula is C18H26NO5-. The lowest BCUT2D eigenvalue weighted by Gasteiger charge is -2.26. The van der Waals surface area contributed by atoms with Gasteiger partial charge >= 0.3 is 0 Å². The lowest BCUT2D eigenvalue weighted by molar-refractivity contribution is -0.309. The second kappa shape index (κ2) is 10.0. The van der Waals surface area contributed by atoms with Gasteiger partial charge in [-0.2, -0.15) is 0 Å². The van der Waals surface area contributed by atoms with Crippen LogP contribution < -0.4 is 10.4 Å². The van der Waals surface area contributed by atoms with Crippen LogP contribution in [0.25, 0.3) is 0 Å².